The van der Waals surface area contributed by atoms with E-state index < -0.39 is 0 Å². The number of morpholine rings is 1. The van der Waals surface area contributed by atoms with Gasteiger partial charge in [-0.05, 0) is 12.8 Å². The number of ether oxygens (including phenoxy) is 1. The van der Waals surface area contributed by atoms with Crippen molar-refractivity contribution < 1.29 is 4.74 Å². The fourth-order valence-electron chi connectivity index (χ4n) is 2.22. The van der Waals surface area contributed by atoms with Gasteiger partial charge in [0.15, 0.2) is 5.13 Å². The largest absolute Gasteiger partial charge is 0.378 e. The minimum atomic E-state index is 0.839. The number of thiazole rings is 1. The van der Waals surface area contributed by atoms with Crippen LogP contribution in [-0.4, -0.2) is 31.3 Å². The maximum Gasteiger partial charge on any atom is 0.185 e. The Bertz CT molecular complexity index is 334. The molecule has 4 heteroatoms. The van der Waals surface area contributed by atoms with E-state index in [1.54, 1.807) is 11.3 Å². The van der Waals surface area contributed by atoms with Gasteiger partial charge in [0, 0.05) is 18.5 Å². The first kappa shape index (κ1) is 13.8. The predicted molar refractivity (Wildman–Crippen MR) is 77.6 cm³/mol. The van der Waals surface area contributed by atoms with E-state index in [9.17, 15) is 0 Å². The molecule has 0 unspecified atom stereocenters. The minimum Gasteiger partial charge on any atom is -0.378 e. The molecular formula is C14H24N2OS. The topological polar surface area (TPSA) is 25.4 Å². The van der Waals surface area contributed by atoms with Gasteiger partial charge in [-0.15, -0.1) is 11.3 Å². The Labute approximate surface area is 114 Å². The molecule has 0 aromatic carbocycles. The number of hydrogen-bond acceptors (Lipinski definition) is 4. The molecule has 1 fully saturated rings. The first-order chi connectivity index (χ1) is 8.90. The van der Waals surface area contributed by atoms with Crippen molar-refractivity contribution in [3.05, 3.63) is 11.1 Å². The number of aromatic nitrogens is 1. The third kappa shape index (κ3) is 4.25. The van der Waals surface area contributed by atoms with Crippen molar-refractivity contribution in [2.24, 2.45) is 0 Å². The normalized spacial score (nSPS) is 16.2. The van der Waals surface area contributed by atoms with Gasteiger partial charge in [-0.25, -0.2) is 4.98 Å². The molecule has 0 aliphatic carbocycles. The number of nitrogens with zero attached hydrogens (tertiary/aromatic N) is 2. The highest BCUT2D eigenvalue weighted by Crippen LogP contribution is 2.22. The lowest BCUT2D eigenvalue weighted by molar-refractivity contribution is 0.122. The van der Waals surface area contributed by atoms with Crippen LogP contribution in [0.1, 0.15) is 44.7 Å². The van der Waals surface area contributed by atoms with E-state index in [2.05, 4.69) is 17.2 Å². The molecule has 0 amide bonds. The summed E-state index contributed by atoms with van der Waals surface area (Å²) in [6.07, 6.45) is 7.83. The average molecular weight is 268 g/mol. The molecule has 3 nitrogen and oxygen atoms in total. The minimum absolute atomic E-state index is 0.839. The molecule has 1 aromatic rings. The Morgan fingerprint density at radius 2 is 2.00 bits per heavy atom. The first-order valence-corrected chi connectivity index (χ1v) is 8.05. The molecule has 0 spiro atoms. The van der Waals surface area contributed by atoms with Gasteiger partial charge in [-0.1, -0.05) is 32.6 Å². The summed E-state index contributed by atoms with van der Waals surface area (Å²) in [6, 6.07) is 0. The van der Waals surface area contributed by atoms with Crippen LogP contribution in [0.4, 0.5) is 5.13 Å². The standard InChI is InChI=1S/C14H24N2OS/c1-2-3-4-5-6-7-13-12-18-14(15-13)16-8-10-17-11-9-16/h12H,2-11H2,1H3. The quantitative estimate of drug-likeness (QED) is 0.708. The predicted octanol–water partition coefficient (Wildman–Crippen LogP) is 3.49. The summed E-state index contributed by atoms with van der Waals surface area (Å²) in [6.45, 7) is 5.92. The third-order valence-electron chi connectivity index (χ3n) is 3.36. The fraction of sp³-hybridized carbons (Fsp3) is 0.786. The van der Waals surface area contributed by atoms with Crippen LogP contribution in [0.15, 0.2) is 5.38 Å². The molecule has 18 heavy (non-hydrogen) atoms. The van der Waals surface area contributed by atoms with Crippen LogP contribution in [0.2, 0.25) is 0 Å². The Balaban J connectivity index is 1.72. The summed E-state index contributed by atoms with van der Waals surface area (Å²) in [5.41, 5.74) is 1.28. The van der Waals surface area contributed by atoms with Gasteiger partial charge in [0.1, 0.15) is 0 Å². The average Bonchev–Trinajstić information content (AvgIpc) is 2.88. The van der Waals surface area contributed by atoms with Gasteiger partial charge >= 0.3 is 0 Å². The van der Waals surface area contributed by atoms with Crippen LogP contribution in [0.3, 0.4) is 0 Å². The zero-order valence-corrected chi connectivity index (χ0v) is 12.2. The highest BCUT2D eigenvalue weighted by molar-refractivity contribution is 7.13. The van der Waals surface area contributed by atoms with Crippen LogP contribution in [0.25, 0.3) is 0 Å². The van der Waals surface area contributed by atoms with Crippen molar-refractivity contribution in [1.82, 2.24) is 4.98 Å². The lowest BCUT2D eigenvalue weighted by atomic mass is 10.1. The summed E-state index contributed by atoms with van der Waals surface area (Å²) >= 11 is 1.78. The number of anilines is 1. The SMILES string of the molecule is CCCCCCCc1csc(N2CCOCC2)n1. The van der Waals surface area contributed by atoms with Crippen molar-refractivity contribution >= 4 is 16.5 Å². The molecule has 2 rings (SSSR count). The van der Waals surface area contributed by atoms with E-state index in [1.807, 2.05) is 0 Å². The van der Waals surface area contributed by atoms with E-state index in [0.29, 0.717) is 0 Å². The summed E-state index contributed by atoms with van der Waals surface area (Å²) in [5, 5.41) is 3.41. The van der Waals surface area contributed by atoms with Crippen molar-refractivity contribution in [3.8, 4) is 0 Å². The summed E-state index contributed by atoms with van der Waals surface area (Å²) < 4.78 is 5.37. The van der Waals surface area contributed by atoms with E-state index in [1.165, 1.54) is 42.9 Å². The monoisotopic (exact) mass is 268 g/mol. The third-order valence-corrected chi connectivity index (χ3v) is 4.31. The number of aryl methyl sites for hydroxylation is 1. The molecule has 1 saturated heterocycles. The number of unbranched alkanes of at least 4 members (excludes halogenated alkanes) is 4. The molecule has 0 N–H and O–H groups in total. The molecule has 2 heterocycles. The van der Waals surface area contributed by atoms with Crippen molar-refractivity contribution in [1.29, 1.82) is 0 Å². The Morgan fingerprint density at radius 1 is 1.22 bits per heavy atom. The highest BCUT2D eigenvalue weighted by atomic mass is 32.1. The molecule has 102 valence electrons. The Hall–Kier alpha value is -0.610. The van der Waals surface area contributed by atoms with Gasteiger partial charge < -0.3 is 9.64 Å². The second-order valence-electron chi connectivity index (χ2n) is 4.89. The van der Waals surface area contributed by atoms with Crippen LogP contribution in [-0.2, 0) is 11.2 Å². The second kappa shape index (κ2) is 7.74. The summed E-state index contributed by atoms with van der Waals surface area (Å²) in [7, 11) is 0. The van der Waals surface area contributed by atoms with E-state index in [0.717, 1.165) is 32.7 Å². The summed E-state index contributed by atoms with van der Waals surface area (Å²) in [5.74, 6) is 0. The van der Waals surface area contributed by atoms with Crippen LogP contribution >= 0.6 is 11.3 Å². The van der Waals surface area contributed by atoms with E-state index >= 15 is 0 Å². The van der Waals surface area contributed by atoms with Gasteiger partial charge in [0.2, 0.25) is 0 Å². The zero-order valence-electron chi connectivity index (χ0n) is 11.4. The van der Waals surface area contributed by atoms with Gasteiger partial charge in [-0.2, -0.15) is 0 Å². The molecule has 0 radical (unpaired) electrons. The van der Waals surface area contributed by atoms with Gasteiger partial charge in [-0.3, -0.25) is 0 Å². The lowest BCUT2D eigenvalue weighted by Crippen LogP contribution is -2.36. The van der Waals surface area contributed by atoms with Crippen LogP contribution in [0, 0.1) is 0 Å². The maximum atomic E-state index is 5.37. The smallest absolute Gasteiger partial charge is 0.185 e. The molecule has 0 atom stereocenters. The molecule has 1 aliphatic rings. The van der Waals surface area contributed by atoms with Crippen molar-refractivity contribution in [3.63, 3.8) is 0 Å². The maximum absolute atomic E-state index is 5.37. The molecule has 1 aromatic heterocycles. The summed E-state index contributed by atoms with van der Waals surface area (Å²) in [4.78, 5) is 7.08. The van der Waals surface area contributed by atoms with E-state index in [4.69, 9.17) is 9.72 Å². The number of hydrogen-bond donors (Lipinski definition) is 0. The van der Waals surface area contributed by atoms with Crippen molar-refractivity contribution in [2.45, 2.75) is 45.4 Å². The second-order valence-corrected chi connectivity index (χ2v) is 5.72. The number of rotatable bonds is 7. The molecule has 0 bridgehead atoms. The first-order valence-electron chi connectivity index (χ1n) is 7.17. The molecular weight excluding hydrogens is 244 g/mol. The van der Waals surface area contributed by atoms with Crippen LogP contribution < -0.4 is 4.90 Å². The van der Waals surface area contributed by atoms with Crippen LogP contribution in [0.5, 0.6) is 0 Å². The Morgan fingerprint density at radius 3 is 2.78 bits per heavy atom. The fourth-order valence-corrected chi connectivity index (χ4v) is 3.13. The van der Waals surface area contributed by atoms with E-state index in [-0.39, 0.29) is 0 Å². The highest BCUT2D eigenvalue weighted by Gasteiger charge is 2.14. The van der Waals surface area contributed by atoms with Crippen molar-refractivity contribution in [2.75, 3.05) is 31.2 Å². The Kier molecular flexibility index (Phi) is 5.94. The molecule has 1 aliphatic heterocycles. The zero-order chi connectivity index (χ0) is 12.6. The van der Waals surface area contributed by atoms with Gasteiger partial charge in [0.25, 0.3) is 0 Å². The molecule has 0 saturated carbocycles. The van der Waals surface area contributed by atoms with Gasteiger partial charge in [0.05, 0.1) is 18.9 Å². The lowest BCUT2D eigenvalue weighted by Gasteiger charge is -2.26.